The van der Waals surface area contributed by atoms with Gasteiger partial charge in [0, 0.05) is 18.3 Å². The van der Waals surface area contributed by atoms with Crippen LogP contribution in [0.3, 0.4) is 0 Å². The number of carbonyl (C=O) groups is 1. The van der Waals surface area contributed by atoms with E-state index in [0.29, 0.717) is 35.5 Å². The van der Waals surface area contributed by atoms with E-state index in [1.54, 1.807) is 12.1 Å². The van der Waals surface area contributed by atoms with E-state index in [1.165, 1.54) is 6.07 Å². The molecule has 0 bridgehead atoms. The van der Waals surface area contributed by atoms with Gasteiger partial charge >= 0.3 is 5.97 Å². The average molecular weight is 271 g/mol. The summed E-state index contributed by atoms with van der Waals surface area (Å²) in [5.74, 6) is -0.446. The van der Waals surface area contributed by atoms with Crippen LogP contribution in [0.5, 0.6) is 0 Å². The summed E-state index contributed by atoms with van der Waals surface area (Å²) in [6, 6.07) is 5.17. The zero-order valence-electron chi connectivity index (χ0n) is 10.7. The molecule has 1 aromatic carbocycles. The van der Waals surface area contributed by atoms with Crippen LogP contribution >= 0.6 is 11.6 Å². The molecule has 0 aromatic heterocycles. The first-order chi connectivity index (χ1) is 8.54. The number of esters is 1. The molecule has 1 unspecified atom stereocenters. The Morgan fingerprint density at radius 3 is 2.94 bits per heavy atom. The summed E-state index contributed by atoms with van der Waals surface area (Å²) in [5, 5.41) is 3.58. The highest BCUT2D eigenvalue weighted by atomic mass is 35.5. The molecule has 0 fully saturated rings. The fourth-order valence-electron chi connectivity index (χ4n) is 1.37. The Kier molecular flexibility index (Phi) is 5.95. The minimum Gasteiger partial charge on any atom is -0.461 e. The number of nitrogens with two attached hydrogens (primary N) is 1. The lowest BCUT2D eigenvalue weighted by molar-refractivity contribution is 0.0506. The van der Waals surface area contributed by atoms with Crippen molar-refractivity contribution < 1.29 is 9.53 Å². The molecule has 5 heteroatoms. The molecule has 1 aromatic rings. The summed E-state index contributed by atoms with van der Waals surface area (Å²) in [4.78, 5) is 11.7. The third-order valence-electron chi connectivity index (χ3n) is 2.65. The highest BCUT2D eigenvalue weighted by Gasteiger charge is 2.12. The molecule has 0 spiro atoms. The van der Waals surface area contributed by atoms with E-state index in [9.17, 15) is 4.79 Å². The Balaban J connectivity index is 2.43. The predicted molar refractivity (Wildman–Crippen MR) is 73.9 cm³/mol. The van der Waals surface area contributed by atoms with Gasteiger partial charge in [0.1, 0.15) is 6.61 Å². The van der Waals surface area contributed by atoms with Gasteiger partial charge in [-0.05, 0) is 31.5 Å². The van der Waals surface area contributed by atoms with Crippen LogP contribution in [0, 0.1) is 0 Å². The molecule has 1 rings (SSSR count). The van der Waals surface area contributed by atoms with Crippen molar-refractivity contribution in [2.24, 2.45) is 0 Å². The van der Waals surface area contributed by atoms with Crippen molar-refractivity contribution in [2.45, 2.75) is 26.3 Å². The van der Waals surface area contributed by atoms with Crippen LogP contribution in [-0.4, -0.2) is 25.2 Å². The van der Waals surface area contributed by atoms with Crippen LogP contribution in [-0.2, 0) is 4.74 Å². The minimum atomic E-state index is -0.446. The number of nitrogens with one attached hydrogen (secondary N) is 1. The molecular formula is C13H19ClN2O2. The number of nitrogen functional groups attached to an aromatic ring is 1. The molecule has 100 valence electrons. The molecule has 0 aliphatic carbocycles. The van der Waals surface area contributed by atoms with E-state index >= 15 is 0 Å². The molecule has 3 N–H and O–H groups in total. The summed E-state index contributed by atoms with van der Waals surface area (Å²) >= 11 is 5.90. The van der Waals surface area contributed by atoms with Crippen LogP contribution in [0.15, 0.2) is 18.2 Å². The third kappa shape index (κ3) is 4.55. The number of benzene rings is 1. The summed E-state index contributed by atoms with van der Waals surface area (Å²) in [6.45, 7) is 5.11. The number of ether oxygens (including phenoxy) is 1. The van der Waals surface area contributed by atoms with Crippen molar-refractivity contribution in [1.82, 2.24) is 5.32 Å². The molecule has 0 saturated heterocycles. The van der Waals surface area contributed by atoms with E-state index in [4.69, 9.17) is 22.1 Å². The van der Waals surface area contributed by atoms with Gasteiger partial charge in [0.25, 0.3) is 0 Å². The Morgan fingerprint density at radius 1 is 1.56 bits per heavy atom. The van der Waals surface area contributed by atoms with Gasteiger partial charge in [0.15, 0.2) is 0 Å². The first-order valence-electron chi connectivity index (χ1n) is 6.00. The number of hydrogen-bond donors (Lipinski definition) is 2. The standard InChI is InChI=1S/C13H19ClN2O2/c1-3-9(2)16-6-7-18-13(17)11-8-10(15)4-5-12(11)14/h4-5,8-9,16H,3,6-7,15H2,1-2H3. The molecule has 0 amide bonds. The van der Waals surface area contributed by atoms with Crippen LogP contribution in [0.1, 0.15) is 30.6 Å². The van der Waals surface area contributed by atoms with Gasteiger partial charge in [-0.2, -0.15) is 0 Å². The second kappa shape index (κ2) is 7.24. The first-order valence-corrected chi connectivity index (χ1v) is 6.38. The molecule has 0 saturated carbocycles. The maximum Gasteiger partial charge on any atom is 0.339 e. The number of halogens is 1. The van der Waals surface area contributed by atoms with E-state index in [1.807, 2.05) is 0 Å². The molecule has 4 nitrogen and oxygen atoms in total. The summed E-state index contributed by atoms with van der Waals surface area (Å²) in [5.41, 5.74) is 6.39. The van der Waals surface area contributed by atoms with Crippen molar-refractivity contribution in [3.63, 3.8) is 0 Å². The monoisotopic (exact) mass is 270 g/mol. The predicted octanol–water partition coefficient (Wildman–Crippen LogP) is 2.47. The van der Waals surface area contributed by atoms with Gasteiger partial charge in [-0.15, -0.1) is 0 Å². The SMILES string of the molecule is CCC(C)NCCOC(=O)c1cc(N)ccc1Cl. The fraction of sp³-hybridized carbons (Fsp3) is 0.462. The fourth-order valence-corrected chi connectivity index (χ4v) is 1.57. The smallest absolute Gasteiger partial charge is 0.339 e. The molecule has 0 aliphatic rings. The topological polar surface area (TPSA) is 64.3 Å². The molecule has 0 aliphatic heterocycles. The van der Waals surface area contributed by atoms with Gasteiger partial charge in [-0.1, -0.05) is 18.5 Å². The van der Waals surface area contributed by atoms with Gasteiger partial charge in [-0.25, -0.2) is 4.79 Å². The van der Waals surface area contributed by atoms with E-state index < -0.39 is 5.97 Å². The maximum absolute atomic E-state index is 11.7. The van der Waals surface area contributed by atoms with E-state index in [2.05, 4.69) is 19.2 Å². The van der Waals surface area contributed by atoms with Crippen LogP contribution in [0.4, 0.5) is 5.69 Å². The molecule has 0 radical (unpaired) electrons. The lowest BCUT2D eigenvalue weighted by Crippen LogP contribution is -2.29. The molecule has 0 heterocycles. The molecule has 18 heavy (non-hydrogen) atoms. The largest absolute Gasteiger partial charge is 0.461 e. The third-order valence-corrected chi connectivity index (χ3v) is 2.98. The van der Waals surface area contributed by atoms with Crippen molar-refractivity contribution >= 4 is 23.3 Å². The Morgan fingerprint density at radius 2 is 2.28 bits per heavy atom. The average Bonchev–Trinajstić information content (AvgIpc) is 2.36. The van der Waals surface area contributed by atoms with Crippen LogP contribution in [0.2, 0.25) is 5.02 Å². The number of carbonyl (C=O) groups excluding carboxylic acids is 1. The summed E-state index contributed by atoms with van der Waals surface area (Å²) in [6.07, 6.45) is 1.04. The van der Waals surface area contributed by atoms with E-state index in [-0.39, 0.29) is 0 Å². The normalized spacial score (nSPS) is 12.2. The Labute approximate surface area is 112 Å². The van der Waals surface area contributed by atoms with Crippen LogP contribution in [0.25, 0.3) is 0 Å². The minimum absolute atomic E-state index is 0.306. The van der Waals surface area contributed by atoms with Crippen molar-refractivity contribution in [3.8, 4) is 0 Å². The molecule has 1 atom stereocenters. The quantitative estimate of drug-likeness (QED) is 0.473. The van der Waals surface area contributed by atoms with Crippen molar-refractivity contribution in [3.05, 3.63) is 28.8 Å². The summed E-state index contributed by atoms with van der Waals surface area (Å²) in [7, 11) is 0. The van der Waals surface area contributed by atoms with Crippen molar-refractivity contribution in [1.29, 1.82) is 0 Å². The van der Waals surface area contributed by atoms with Gasteiger partial charge in [0.2, 0.25) is 0 Å². The Bertz CT molecular complexity index is 410. The number of rotatable bonds is 6. The summed E-state index contributed by atoms with van der Waals surface area (Å²) < 4.78 is 5.12. The van der Waals surface area contributed by atoms with Crippen molar-refractivity contribution in [2.75, 3.05) is 18.9 Å². The zero-order chi connectivity index (χ0) is 13.5. The maximum atomic E-state index is 11.7. The van der Waals surface area contributed by atoms with E-state index in [0.717, 1.165) is 6.42 Å². The Hall–Kier alpha value is -1.26. The number of hydrogen-bond acceptors (Lipinski definition) is 4. The van der Waals surface area contributed by atoms with Gasteiger partial charge < -0.3 is 15.8 Å². The second-order valence-corrected chi connectivity index (χ2v) is 4.55. The highest BCUT2D eigenvalue weighted by Crippen LogP contribution is 2.19. The lowest BCUT2D eigenvalue weighted by atomic mass is 10.2. The highest BCUT2D eigenvalue weighted by molar-refractivity contribution is 6.33. The van der Waals surface area contributed by atoms with Gasteiger partial charge in [0.05, 0.1) is 10.6 Å². The van der Waals surface area contributed by atoms with Crippen LogP contribution < -0.4 is 11.1 Å². The zero-order valence-corrected chi connectivity index (χ0v) is 11.5. The van der Waals surface area contributed by atoms with Gasteiger partial charge in [-0.3, -0.25) is 0 Å². The lowest BCUT2D eigenvalue weighted by Gasteiger charge is -2.11. The number of anilines is 1. The first kappa shape index (κ1) is 14.8. The second-order valence-electron chi connectivity index (χ2n) is 4.14. The molecular weight excluding hydrogens is 252 g/mol.